The second-order valence-electron chi connectivity index (χ2n) is 5.12. The first-order chi connectivity index (χ1) is 10.1. The first-order valence-electron chi connectivity index (χ1n) is 6.76. The van der Waals surface area contributed by atoms with Crippen LogP contribution in [0.1, 0.15) is 28.0 Å². The number of hydrogen-bond acceptors (Lipinski definition) is 3. The van der Waals surface area contributed by atoms with Crippen LogP contribution in [0.4, 0.5) is 0 Å². The zero-order valence-electron chi connectivity index (χ0n) is 11.2. The molecule has 1 aromatic carbocycles. The fraction of sp³-hybridized carbons (Fsp3) is 0.267. The molecule has 1 aliphatic carbocycles. The van der Waals surface area contributed by atoms with Crippen LogP contribution in [-0.2, 0) is 12.8 Å². The molecule has 0 saturated heterocycles. The molecule has 2 N–H and O–H groups in total. The number of benzene rings is 1. The van der Waals surface area contributed by atoms with Gasteiger partial charge in [0.1, 0.15) is 0 Å². The number of halogens is 1. The molecule has 1 aromatic heterocycles. The van der Waals surface area contributed by atoms with Gasteiger partial charge in [-0.15, -0.1) is 0 Å². The Morgan fingerprint density at radius 1 is 1.33 bits per heavy atom. The maximum atomic E-state index is 12.2. The Labute approximate surface area is 135 Å². The fourth-order valence-corrected chi connectivity index (χ4v) is 2.89. The number of rotatable bonds is 2. The van der Waals surface area contributed by atoms with E-state index >= 15 is 0 Å². The molecule has 108 valence electrons. The van der Waals surface area contributed by atoms with Crippen LogP contribution < -0.4 is 10.9 Å². The third-order valence-corrected chi connectivity index (χ3v) is 4.33. The number of aryl methyl sites for hydroxylation is 1. The fourth-order valence-electron chi connectivity index (χ4n) is 2.53. The zero-order valence-corrected chi connectivity index (χ0v) is 13.4. The summed E-state index contributed by atoms with van der Waals surface area (Å²) in [5.41, 5.74) is 2.32. The topological polar surface area (TPSA) is 74.8 Å². The molecule has 1 unspecified atom stereocenters. The highest BCUT2D eigenvalue weighted by molar-refractivity contribution is 14.1. The standard InChI is InChI=1S/C15H14IN3O2/c16-11-3-1-9(2-4-11)15(21)17-12-5-6-13-10(7-12)8-14(20)19-18-13/h1-4,8,12H,5-7H2,(H,17,21)(H,19,20). The lowest BCUT2D eigenvalue weighted by atomic mass is 9.92. The van der Waals surface area contributed by atoms with Crippen LogP contribution in [0.2, 0.25) is 0 Å². The predicted octanol–water partition coefficient (Wildman–Crippen LogP) is 1.66. The second kappa shape index (κ2) is 5.97. The van der Waals surface area contributed by atoms with Crippen molar-refractivity contribution in [1.29, 1.82) is 0 Å². The molecule has 1 heterocycles. The Hall–Kier alpha value is -1.70. The summed E-state index contributed by atoms with van der Waals surface area (Å²) in [5.74, 6) is -0.0716. The highest BCUT2D eigenvalue weighted by atomic mass is 127. The highest BCUT2D eigenvalue weighted by Gasteiger charge is 2.22. The highest BCUT2D eigenvalue weighted by Crippen LogP contribution is 2.18. The van der Waals surface area contributed by atoms with Crippen LogP contribution in [-0.4, -0.2) is 22.1 Å². The first kappa shape index (κ1) is 14.2. The van der Waals surface area contributed by atoms with Gasteiger partial charge in [0.05, 0.1) is 5.69 Å². The van der Waals surface area contributed by atoms with Crippen molar-refractivity contribution < 1.29 is 4.79 Å². The monoisotopic (exact) mass is 395 g/mol. The van der Waals surface area contributed by atoms with Gasteiger partial charge < -0.3 is 5.32 Å². The number of nitrogens with zero attached hydrogens (tertiary/aromatic N) is 1. The summed E-state index contributed by atoms with van der Waals surface area (Å²) in [4.78, 5) is 23.5. The molecular formula is C15H14IN3O2. The number of carbonyl (C=O) groups excluding carboxylic acids is 1. The Morgan fingerprint density at radius 3 is 2.86 bits per heavy atom. The smallest absolute Gasteiger partial charge is 0.264 e. The molecule has 0 bridgehead atoms. The summed E-state index contributed by atoms with van der Waals surface area (Å²) in [6.45, 7) is 0. The number of H-pyrrole nitrogens is 1. The molecule has 0 fully saturated rings. The summed E-state index contributed by atoms with van der Waals surface area (Å²) in [6, 6.07) is 9.09. The summed E-state index contributed by atoms with van der Waals surface area (Å²) < 4.78 is 1.10. The first-order valence-corrected chi connectivity index (χ1v) is 7.83. The third kappa shape index (κ3) is 3.31. The van der Waals surface area contributed by atoms with Crippen LogP contribution in [0.3, 0.4) is 0 Å². The lowest BCUT2D eigenvalue weighted by Gasteiger charge is -2.24. The van der Waals surface area contributed by atoms with E-state index in [4.69, 9.17) is 0 Å². The lowest BCUT2D eigenvalue weighted by molar-refractivity contribution is 0.0933. The van der Waals surface area contributed by atoms with E-state index in [0.717, 1.165) is 27.7 Å². The maximum Gasteiger partial charge on any atom is 0.264 e. The van der Waals surface area contributed by atoms with Gasteiger partial charge in [0.15, 0.2) is 0 Å². The Bertz CT molecular complexity index is 724. The SMILES string of the molecule is O=C(NC1CCc2n[nH]c(=O)cc2C1)c1ccc(I)cc1. The van der Waals surface area contributed by atoms with Gasteiger partial charge in [-0.25, -0.2) is 5.10 Å². The van der Waals surface area contributed by atoms with Gasteiger partial charge in [-0.2, -0.15) is 5.10 Å². The number of aromatic nitrogens is 2. The quantitative estimate of drug-likeness (QED) is 0.760. The molecule has 0 radical (unpaired) electrons. The van der Waals surface area contributed by atoms with Crippen molar-refractivity contribution >= 4 is 28.5 Å². The van der Waals surface area contributed by atoms with Crippen molar-refractivity contribution in [2.75, 3.05) is 0 Å². The Kier molecular flexibility index (Phi) is 4.05. The molecule has 2 aromatic rings. The van der Waals surface area contributed by atoms with E-state index < -0.39 is 0 Å². The van der Waals surface area contributed by atoms with Gasteiger partial charge in [0, 0.05) is 21.2 Å². The van der Waals surface area contributed by atoms with Crippen LogP contribution in [0, 0.1) is 3.57 Å². The van der Waals surface area contributed by atoms with Crippen LogP contribution in [0.5, 0.6) is 0 Å². The number of hydrogen-bond donors (Lipinski definition) is 2. The zero-order chi connectivity index (χ0) is 14.8. The maximum absolute atomic E-state index is 12.2. The van der Waals surface area contributed by atoms with E-state index in [1.807, 2.05) is 24.3 Å². The van der Waals surface area contributed by atoms with Gasteiger partial charge in [0.2, 0.25) is 0 Å². The van der Waals surface area contributed by atoms with Gasteiger partial charge >= 0.3 is 0 Å². The lowest BCUT2D eigenvalue weighted by Crippen LogP contribution is -2.39. The Morgan fingerprint density at radius 2 is 2.10 bits per heavy atom. The molecule has 1 aliphatic rings. The van der Waals surface area contributed by atoms with Crippen molar-refractivity contribution in [3.05, 3.63) is 61.1 Å². The Balaban J connectivity index is 1.70. The number of carbonyl (C=O) groups is 1. The summed E-state index contributed by atoms with van der Waals surface area (Å²) >= 11 is 2.21. The van der Waals surface area contributed by atoms with Crippen molar-refractivity contribution in [2.45, 2.75) is 25.3 Å². The molecule has 3 rings (SSSR count). The molecule has 0 aliphatic heterocycles. The summed E-state index contributed by atoms with van der Waals surface area (Å²) in [7, 11) is 0. The van der Waals surface area contributed by atoms with Gasteiger partial charge in [-0.1, -0.05) is 0 Å². The van der Waals surface area contributed by atoms with Crippen molar-refractivity contribution in [2.24, 2.45) is 0 Å². The van der Waals surface area contributed by atoms with E-state index in [9.17, 15) is 9.59 Å². The molecule has 5 nitrogen and oxygen atoms in total. The van der Waals surface area contributed by atoms with Crippen molar-refractivity contribution in [3.63, 3.8) is 0 Å². The van der Waals surface area contributed by atoms with Gasteiger partial charge in [-0.05, 0) is 71.7 Å². The van der Waals surface area contributed by atoms with Gasteiger partial charge in [0.25, 0.3) is 11.5 Å². The molecule has 6 heteroatoms. The largest absolute Gasteiger partial charge is 0.349 e. The second-order valence-corrected chi connectivity index (χ2v) is 6.37. The number of aromatic amines is 1. The molecule has 21 heavy (non-hydrogen) atoms. The molecular weight excluding hydrogens is 381 g/mol. The minimum atomic E-state index is -0.196. The van der Waals surface area contributed by atoms with E-state index in [2.05, 4.69) is 38.1 Å². The van der Waals surface area contributed by atoms with Gasteiger partial charge in [-0.3, -0.25) is 9.59 Å². The molecule has 0 saturated carbocycles. The normalized spacial score (nSPS) is 17.1. The van der Waals surface area contributed by atoms with E-state index in [1.165, 1.54) is 0 Å². The molecule has 1 amide bonds. The average Bonchev–Trinajstić information content (AvgIpc) is 2.47. The van der Waals surface area contributed by atoms with Crippen LogP contribution >= 0.6 is 22.6 Å². The van der Waals surface area contributed by atoms with Crippen molar-refractivity contribution in [3.8, 4) is 0 Å². The minimum Gasteiger partial charge on any atom is -0.349 e. The van der Waals surface area contributed by atoms with Crippen LogP contribution in [0.25, 0.3) is 0 Å². The van der Waals surface area contributed by atoms with Crippen molar-refractivity contribution in [1.82, 2.24) is 15.5 Å². The predicted molar refractivity (Wildman–Crippen MR) is 87.3 cm³/mol. The molecule has 1 atom stereocenters. The van der Waals surface area contributed by atoms with E-state index in [0.29, 0.717) is 12.0 Å². The summed E-state index contributed by atoms with van der Waals surface area (Å²) in [5, 5.41) is 9.54. The third-order valence-electron chi connectivity index (χ3n) is 3.61. The van der Waals surface area contributed by atoms with E-state index in [1.54, 1.807) is 6.07 Å². The number of nitrogens with one attached hydrogen (secondary N) is 2. The van der Waals surface area contributed by atoms with Crippen LogP contribution in [0.15, 0.2) is 35.1 Å². The summed E-state index contributed by atoms with van der Waals surface area (Å²) in [6.07, 6.45) is 2.26. The molecule has 0 spiro atoms. The number of fused-ring (bicyclic) bond motifs is 1. The number of amides is 1. The average molecular weight is 395 g/mol. The van der Waals surface area contributed by atoms with E-state index in [-0.39, 0.29) is 17.5 Å². The minimum absolute atomic E-state index is 0.0490.